The fourth-order valence-electron chi connectivity index (χ4n) is 2.27. The molecule has 19 heavy (non-hydrogen) atoms. The first-order chi connectivity index (χ1) is 8.99. The number of hydrogen-bond donors (Lipinski definition) is 1. The third-order valence-corrected chi connectivity index (χ3v) is 4.70. The van der Waals surface area contributed by atoms with E-state index in [0.29, 0.717) is 12.8 Å². The second kappa shape index (κ2) is 5.23. The Morgan fingerprint density at radius 1 is 1.37 bits per heavy atom. The van der Waals surface area contributed by atoms with Crippen LogP contribution in [0.25, 0.3) is 0 Å². The summed E-state index contributed by atoms with van der Waals surface area (Å²) in [4.78, 5) is 3.55. The van der Waals surface area contributed by atoms with Crippen molar-refractivity contribution < 1.29 is 12.8 Å². The van der Waals surface area contributed by atoms with Crippen LogP contribution in [-0.2, 0) is 10.0 Å². The summed E-state index contributed by atoms with van der Waals surface area (Å²) in [5.74, 6) is -0.918. The second-order valence-corrected chi connectivity index (χ2v) is 6.25. The van der Waals surface area contributed by atoms with Crippen molar-refractivity contribution >= 4 is 10.0 Å². The van der Waals surface area contributed by atoms with Gasteiger partial charge in [-0.2, -0.15) is 9.98 Å². The van der Waals surface area contributed by atoms with Gasteiger partial charge in [-0.25, -0.2) is 17.8 Å². The summed E-state index contributed by atoms with van der Waals surface area (Å²) < 4.78 is 40.1. The quantitative estimate of drug-likeness (QED) is 0.915. The average Bonchev–Trinajstić information content (AvgIpc) is 2.39. The predicted molar refractivity (Wildman–Crippen MR) is 65.9 cm³/mol. The van der Waals surface area contributed by atoms with Gasteiger partial charge in [-0.15, -0.1) is 0 Å². The smallest absolute Gasteiger partial charge is 0.241 e. The molecule has 1 heterocycles. The Morgan fingerprint density at radius 3 is 2.63 bits per heavy atom. The molecule has 0 aromatic carbocycles. The highest BCUT2D eigenvalue weighted by Crippen LogP contribution is 2.29. The lowest BCUT2D eigenvalue weighted by Crippen LogP contribution is -2.48. The molecule has 1 aliphatic rings. The number of sulfonamides is 1. The predicted octanol–water partition coefficient (Wildman–Crippen LogP) is 1.73. The molecule has 1 fully saturated rings. The van der Waals surface area contributed by atoms with Crippen LogP contribution < -0.4 is 4.72 Å². The van der Waals surface area contributed by atoms with Crippen molar-refractivity contribution in [2.75, 3.05) is 0 Å². The first-order valence-electron chi connectivity index (χ1n) is 6.05. The van der Waals surface area contributed by atoms with Gasteiger partial charge < -0.3 is 0 Å². The van der Waals surface area contributed by atoms with Crippen LogP contribution >= 0.6 is 0 Å². The van der Waals surface area contributed by atoms with E-state index in [-0.39, 0.29) is 0 Å². The van der Waals surface area contributed by atoms with E-state index in [4.69, 9.17) is 0 Å². The van der Waals surface area contributed by atoms with Gasteiger partial charge in [-0.1, -0.05) is 19.3 Å². The summed E-state index contributed by atoms with van der Waals surface area (Å²) in [5, 5.41) is 8.57. The molecule has 0 saturated heterocycles. The van der Waals surface area contributed by atoms with Gasteiger partial charge in [0.1, 0.15) is 5.54 Å². The second-order valence-electron chi connectivity index (χ2n) is 4.65. The minimum absolute atomic E-state index is 0.442. The van der Waals surface area contributed by atoms with Crippen molar-refractivity contribution in [3.8, 4) is 6.07 Å². The van der Waals surface area contributed by atoms with Gasteiger partial charge in [0.2, 0.25) is 5.03 Å². The average molecular weight is 283 g/mol. The van der Waals surface area contributed by atoms with Gasteiger partial charge in [0.05, 0.1) is 6.07 Å². The number of halogens is 1. The van der Waals surface area contributed by atoms with E-state index in [9.17, 15) is 18.1 Å². The lowest BCUT2D eigenvalue weighted by atomic mass is 9.84. The van der Waals surface area contributed by atoms with Crippen LogP contribution in [0.15, 0.2) is 23.4 Å². The molecule has 0 amide bonds. The van der Waals surface area contributed by atoms with Crippen molar-refractivity contribution in [1.82, 2.24) is 9.71 Å². The highest BCUT2D eigenvalue weighted by atomic mass is 32.2. The molecule has 0 spiro atoms. The summed E-state index contributed by atoms with van der Waals surface area (Å²) in [7, 11) is -4.12. The topological polar surface area (TPSA) is 82.9 Å². The van der Waals surface area contributed by atoms with Gasteiger partial charge >= 0.3 is 0 Å². The van der Waals surface area contributed by atoms with Gasteiger partial charge in [0.15, 0.2) is 5.82 Å². The fourth-order valence-corrected chi connectivity index (χ4v) is 3.65. The molecule has 0 atom stereocenters. The highest BCUT2D eigenvalue weighted by Gasteiger charge is 2.37. The van der Waals surface area contributed by atoms with Crippen LogP contribution in [0.1, 0.15) is 32.1 Å². The standard InChI is InChI=1S/C12H14FN3O2S/c13-10-5-4-8-15-11(10)19(17,18)16-12(9-14)6-2-1-3-7-12/h4-5,8,16H,1-3,6-7H2. The number of nitriles is 1. The van der Waals surface area contributed by atoms with Crippen molar-refractivity contribution in [2.45, 2.75) is 42.7 Å². The molecule has 2 rings (SSSR count). The third-order valence-electron chi connectivity index (χ3n) is 3.23. The number of hydrogen-bond acceptors (Lipinski definition) is 4. The molecule has 7 heteroatoms. The van der Waals surface area contributed by atoms with E-state index in [2.05, 4.69) is 9.71 Å². The molecule has 1 N–H and O–H groups in total. The van der Waals surface area contributed by atoms with E-state index < -0.39 is 26.4 Å². The highest BCUT2D eigenvalue weighted by molar-refractivity contribution is 7.89. The molecule has 102 valence electrons. The normalized spacial score (nSPS) is 18.7. The minimum atomic E-state index is -4.12. The molecule has 0 bridgehead atoms. The lowest BCUT2D eigenvalue weighted by Gasteiger charge is -2.30. The summed E-state index contributed by atoms with van der Waals surface area (Å²) in [5.41, 5.74) is -1.14. The van der Waals surface area contributed by atoms with Gasteiger partial charge in [0.25, 0.3) is 10.0 Å². The van der Waals surface area contributed by atoms with Crippen LogP contribution in [0.3, 0.4) is 0 Å². The van der Waals surface area contributed by atoms with Gasteiger partial charge in [0, 0.05) is 6.20 Å². The van der Waals surface area contributed by atoms with Crippen molar-refractivity contribution in [1.29, 1.82) is 5.26 Å². The molecule has 1 aromatic rings. The van der Waals surface area contributed by atoms with E-state index in [1.54, 1.807) is 0 Å². The monoisotopic (exact) mass is 283 g/mol. The van der Waals surface area contributed by atoms with E-state index in [1.165, 1.54) is 12.3 Å². The first-order valence-corrected chi connectivity index (χ1v) is 7.53. The summed E-state index contributed by atoms with van der Waals surface area (Å²) >= 11 is 0. The Hall–Kier alpha value is -1.52. The molecule has 0 unspecified atom stereocenters. The molecular formula is C12H14FN3O2S. The third kappa shape index (κ3) is 2.91. The number of aromatic nitrogens is 1. The molecule has 1 aliphatic carbocycles. The number of rotatable bonds is 3. The number of nitrogens with one attached hydrogen (secondary N) is 1. The SMILES string of the molecule is N#CC1(NS(=O)(=O)c2ncccc2F)CCCCC1. The fraction of sp³-hybridized carbons (Fsp3) is 0.500. The Kier molecular flexibility index (Phi) is 3.83. The Morgan fingerprint density at radius 2 is 2.05 bits per heavy atom. The molecule has 1 aromatic heterocycles. The minimum Gasteiger partial charge on any atom is -0.241 e. The summed E-state index contributed by atoms with van der Waals surface area (Å²) in [6.07, 6.45) is 4.62. The zero-order valence-corrected chi connectivity index (χ0v) is 11.1. The van der Waals surface area contributed by atoms with Crippen LogP contribution in [0.5, 0.6) is 0 Å². The zero-order chi connectivity index (χ0) is 13.9. The Balaban J connectivity index is 2.31. The Bertz CT molecular complexity index is 604. The molecule has 5 nitrogen and oxygen atoms in total. The first kappa shape index (κ1) is 13.9. The van der Waals surface area contributed by atoms with Crippen LogP contribution in [0, 0.1) is 17.1 Å². The van der Waals surface area contributed by atoms with Crippen molar-refractivity contribution in [3.63, 3.8) is 0 Å². The molecule has 1 saturated carbocycles. The largest absolute Gasteiger partial charge is 0.262 e. The van der Waals surface area contributed by atoms with E-state index >= 15 is 0 Å². The maximum Gasteiger partial charge on any atom is 0.262 e. The molecular weight excluding hydrogens is 269 g/mol. The lowest BCUT2D eigenvalue weighted by molar-refractivity contribution is 0.337. The number of nitrogens with zero attached hydrogens (tertiary/aromatic N) is 2. The van der Waals surface area contributed by atoms with E-state index in [1.807, 2.05) is 6.07 Å². The summed E-state index contributed by atoms with van der Waals surface area (Å²) in [6.45, 7) is 0. The Labute approximate surface area is 111 Å². The van der Waals surface area contributed by atoms with Crippen LogP contribution in [0.2, 0.25) is 0 Å². The number of pyridine rings is 1. The maximum absolute atomic E-state index is 13.5. The molecule has 0 radical (unpaired) electrons. The van der Waals surface area contributed by atoms with Crippen LogP contribution in [-0.4, -0.2) is 18.9 Å². The molecule has 0 aliphatic heterocycles. The van der Waals surface area contributed by atoms with Crippen molar-refractivity contribution in [2.24, 2.45) is 0 Å². The maximum atomic E-state index is 13.5. The zero-order valence-electron chi connectivity index (χ0n) is 10.3. The van der Waals surface area contributed by atoms with Crippen LogP contribution in [0.4, 0.5) is 4.39 Å². The van der Waals surface area contributed by atoms with Gasteiger partial charge in [-0.3, -0.25) is 0 Å². The van der Waals surface area contributed by atoms with Gasteiger partial charge in [-0.05, 0) is 25.0 Å². The summed E-state index contributed by atoms with van der Waals surface area (Å²) in [6, 6.07) is 4.37. The van der Waals surface area contributed by atoms with Crippen molar-refractivity contribution in [3.05, 3.63) is 24.1 Å². The van der Waals surface area contributed by atoms with E-state index in [0.717, 1.165) is 25.3 Å².